The lowest BCUT2D eigenvalue weighted by molar-refractivity contribution is 0.574. The Balaban J connectivity index is 2.31. The van der Waals surface area contributed by atoms with Crippen molar-refractivity contribution in [1.29, 1.82) is 0 Å². The van der Waals surface area contributed by atoms with Gasteiger partial charge in [0.2, 0.25) is 5.89 Å². The molecule has 1 heterocycles. The highest BCUT2D eigenvalue weighted by atomic mass is 16.3. The quantitative estimate of drug-likeness (QED) is 0.719. The molecular formula is C12H13NO. The standard InChI is InChI=1S/C12H13NO/c1-9(2)10-3-5-11(6-4-10)12-13-7-8-14-12/h3-9H,1-2H3. The third-order valence-electron chi connectivity index (χ3n) is 2.26. The van der Waals surface area contributed by atoms with Crippen LogP contribution in [0.2, 0.25) is 0 Å². The van der Waals surface area contributed by atoms with Crippen molar-refractivity contribution in [2.24, 2.45) is 0 Å². The molecule has 0 radical (unpaired) electrons. The molecule has 2 rings (SSSR count). The number of aromatic nitrogens is 1. The molecule has 0 fully saturated rings. The van der Waals surface area contributed by atoms with Crippen LogP contribution in [-0.2, 0) is 0 Å². The van der Waals surface area contributed by atoms with Crippen molar-refractivity contribution in [2.75, 3.05) is 0 Å². The summed E-state index contributed by atoms with van der Waals surface area (Å²) >= 11 is 0. The number of oxazole rings is 1. The van der Waals surface area contributed by atoms with E-state index in [1.807, 2.05) is 12.1 Å². The van der Waals surface area contributed by atoms with Crippen molar-refractivity contribution in [3.8, 4) is 11.5 Å². The van der Waals surface area contributed by atoms with E-state index in [-0.39, 0.29) is 0 Å². The number of hydrogen-bond donors (Lipinski definition) is 0. The Morgan fingerprint density at radius 1 is 1.14 bits per heavy atom. The van der Waals surface area contributed by atoms with Gasteiger partial charge in [-0.2, -0.15) is 0 Å². The van der Waals surface area contributed by atoms with Gasteiger partial charge in [0, 0.05) is 5.56 Å². The fraction of sp³-hybridized carbons (Fsp3) is 0.250. The van der Waals surface area contributed by atoms with Gasteiger partial charge in [0.05, 0.1) is 6.20 Å². The van der Waals surface area contributed by atoms with Crippen molar-refractivity contribution < 1.29 is 4.42 Å². The Kier molecular flexibility index (Phi) is 2.35. The van der Waals surface area contributed by atoms with Gasteiger partial charge in [0.1, 0.15) is 6.26 Å². The largest absolute Gasteiger partial charge is 0.445 e. The van der Waals surface area contributed by atoms with Crippen LogP contribution in [-0.4, -0.2) is 4.98 Å². The molecule has 0 atom stereocenters. The molecule has 0 saturated carbocycles. The van der Waals surface area contributed by atoms with Crippen molar-refractivity contribution in [1.82, 2.24) is 4.98 Å². The molecule has 0 saturated heterocycles. The molecule has 0 N–H and O–H groups in total. The zero-order valence-electron chi connectivity index (χ0n) is 8.40. The van der Waals surface area contributed by atoms with Crippen LogP contribution in [0.15, 0.2) is 41.1 Å². The van der Waals surface area contributed by atoms with E-state index in [2.05, 4.69) is 31.0 Å². The molecule has 1 aromatic carbocycles. The van der Waals surface area contributed by atoms with Crippen molar-refractivity contribution in [3.63, 3.8) is 0 Å². The van der Waals surface area contributed by atoms with Crippen LogP contribution in [0.4, 0.5) is 0 Å². The average molecular weight is 187 g/mol. The van der Waals surface area contributed by atoms with E-state index >= 15 is 0 Å². The maximum Gasteiger partial charge on any atom is 0.225 e. The summed E-state index contributed by atoms with van der Waals surface area (Å²) in [6.07, 6.45) is 3.25. The zero-order chi connectivity index (χ0) is 9.97. The minimum absolute atomic E-state index is 0.564. The van der Waals surface area contributed by atoms with E-state index in [4.69, 9.17) is 4.42 Å². The van der Waals surface area contributed by atoms with Crippen LogP contribution in [0.25, 0.3) is 11.5 Å². The van der Waals surface area contributed by atoms with E-state index < -0.39 is 0 Å². The van der Waals surface area contributed by atoms with Gasteiger partial charge in [0.15, 0.2) is 0 Å². The summed E-state index contributed by atoms with van der Waals surface area (Å²) in [6, 6.07) is 8.32. The maximum atomic E-state index is 5.21. The predicted octanol–water partition coefficient (Wildman–Crippen LogP) is 3.47. The maximum absolute atomic E-state index is 5.21. The molecule has 2 aromatic rings. The van der Waals surface area contributed by atoms with E-state index in [9.17, 15) is 0 Å². The first kappa shape index (κ1) is 9.00. The van der Waals surface area contributed by atoms with Crippen LogP contribution < -0.4 is 0 Å². The lowest BCUT2D eigenvalue weighted by atomic mass is 10.0. The predicted molar refractivity (Wildman–Crippen MR) is 56.0 cm³/mol. The highest BCUT2D eigenvalue weighted by Gasteiger charge is 2.03. The molecule has 0 bridgehead atoms. The molecule has 0 aliphatic rings. The minimum Gasteiger partial charge on any atom is -0.445 e. The Hall–Kier alpha value is -1.57. The summed E-state index contributed by atoms with van der Waals surface area (Å²) < 4.78 is 5.21. The van der Waals surface area contributed by atoms with Gasteiger partial charge >= 0.3 is 0 Å². The Morgan fingerprint density at radius 3 is 2.36 bits per heavy atom. The zero-order valence-corrected chi connectivity index (χ0v) is 8.40. The van der Waals surface area contributed by atoms with Gasteiger partial charge in [-0.1, -0.05) is 26.0 Å². The summed E-state index contributed by atoms with van der Waals surface area (Å²) in [5.74, 6) is 1.24. The topological polar surface area (TPSA) is 26.0 Å². The summed E-state index contributed by atoms with van der Waals surface area (Å²) in [5, 5.41) is 0. The highest BCUT2D eigenvalue weighted by molar-refractivity contribution is 5.53. The van der Waals surface area contributed by atoms with Gasteiger partial charge in [-0.3, -0.25) is 0 Å². The number of nitrogens with zero attached hydrogens (tertiary/aromatic N) is 1. The smallest absolute Gasteiger partial charge is 0.225 e. The highest BCUT2D eigenvalue weighted by Crippen LogP contribution is 2.20. The molecule has 1 aromatic heterocycles. The first-order valence-electron chi connectivity index (χ1n) is 4.77. The molecule has 2 nitrogen and oxygen atoms in total. The van der Waals surface area contributed by atoms with Crippen LogP contribution in [0, 0.1) is 0 Å². The van der Waals surface area contributed by atoms with Gasteiger partial charge in [-0.15, -0.1) is 0 Å². The normalized spacial score (nSPS) is 10.8. The summed E-state index contributed by atoms with van der Waals surface area (Å²) in [5.41, 5.74) is 2.36. The van der Waals surface area contributed by atoms with E-state index in [1.54, 1.807) is 12.5 Å². The van der Waals surface area contributed by atoms with Gasteiger partial charge in [0.25, 0.3) is 0 Å². The first-order chi connectivity index (χ1) is 6.77. The van der Waals surface area contributed by atoms with Gasteiger partial charge in [-0.05, 0) is 23.6 Å². The second-order valence-electron chi connectivity index (χ2n) is 3.61. The fourth-order valence-electron chi connectivity index (χ4n) is 1.38. The van der Waals surface area contributed by atoms with Crippen LogP contribution in [0.1, 0.15) is 25.3 Å². The van der Waals surface area contributed by atoms with E-state index in [1.165, 1.54) is 5.56 Å². The molecule has 72 valence electrons. The fourth-order valence-corrected chi connectivity index (χ4v) is 1.38. The van der Waals surface area contributed by atoms with Crippen molar-refractivity contribution in [2.45, 2.75) is 19.8 Å². The summed E-state index contributed by atoms with van der Waals surface area (Å²) in [7, 11) is 0. The second-order valence-corrected chi connectivity index (χ2v) is 3.61. The molecule has 0 unspecified atom stereocenters. The monoisotopic (exact) mass is 187 g/mol. The van der Waals surface area contributed by atoms with Crippen LogP contribution in [0.5, 0.6) is 0 Å². The summed E-state index contributed by atoms with van der Waals surface area (Å²) in [4.78, 5) is 4.09. The lowest BCUT2D eigenvalue weighted by Gasteiger charge is -2.04. The molecule has 2 heteroatoms. The number of benzene rings is 1. The molecule has 0 aliphatic heterocycles. The molecular weight excluding hydrogens is 174 g/mol. The third-order valence-corrected chi connectivity index (χ3v) is 2.26. The van der Waals surface area contributed by atoms with Gasteiger partial charge in [-0.25, -0.2) is 4.98 Å². The Morgan fingerprint density at radius 2 is 1.86 bits per heavy atom. The number of rotatable bonds is 2. The summed E-state index contributed by atoms with van der Waals surface area (Å²) in [6.45, 7) is 4.36. The second kappa shape index (κ2) is 3.66. The Labute approximate surface area is 83.6 Å². The third kappa shape index (κ3) is 1.69. The van der Waals surface area contributed by atoms with Crippen LogP contribution in [0.3, 0.4) is 0 Å². The SMILES string of the molecule is CC(C)c1ccc(-c2ncco2)cc1. The minimum atomic E-state index is 0.564. The Bertz CT molecular complexity index is 387. The number of hydrogen-bond acceptors (Lipinski definition) is 2. The van der Waals surface area contributed by atoms with Crippen molar-refractivity contribution >= 4 is 0 Å². The van der Waals surface area contributed by atoms with E-state index in [0.717, 1.165) is 5.56 Å². The molecule has 0 aliphatic carbocycles. The molecule has 14 heavy (non-hydrogen) atoms. The van der Waals surface area contributed by atoms with Crippen molar-refractivity contribution in [3.05, 3.63) is 42.3 Å². The van der Waals surface area contributed by atoms with E-state index in [0.29, 0.717) is 11.8 Å². The lowest BCUT2D eigenvalue weighted by Crippen LogP contribution is -1.86. The first-order valence-corrected chi connectivity index (χ1v) is 4.77. The van der Waals surface area contributed by atoms with Gasteiger partial charge < -0.3 is 4.42 Å². The van der Waals surface area contributed by atoms with Crippen LogP contribution >= 0.6 is 0 Å². The average Bonchev–Trinajstić information content (AvgIpc) is 2.71. The molecule has 0 spiro atoms. The molecule has 0 amide bonds.